The molecule has 5 rings (SSSR count). The first kappa shape index (κ1) is 18.9. The molecule has 0 saturated carbocycles. The highest BCUT2D eigenvalue weighted by atomic mass is 16.5. The van der Waals surface area contributed by atoms with Crippen molar-refractivity contribution >= 4 is 32.6 Å². The van der Waals surface area contributed by atoms with Gasteiger partial charge in [-0.3, -0.25) is 0 Å². The Hall–Kier alpha value is -3.09. The smallest absolute Gasteiger partial charge is 0.142 e. The molecule has 0 aliphatic carbocycles. The minimum Gasteiger partial charge on any atom is -0.496 e. The maximum Gasteiger partial charge on any atom is 0.142 e. The third-order valence-electron chi connectivity index (χ3n) is 5.96. The molecule has 0 bridgehead atoms. The average molecular weight is 405 g/mol. The van der Waals surface area contributed by atoms with Gasteiger partial charge in [0.1, 0.15) is 35.1 Å². The molecule has 6 nitrogen and oxygen atoms in total. The molecule has 0 saturated heterocycles. The van der Waals surface area contributed by atoms with Crippen molar-refractivity contribution in [3.63, 3.8) is 0 Å². The van der Waals surface area contributed by atoms with Gasteiger partial charge in [-0.05, 0) is 30.7 Å². The lowest BCUT2D eigenvalue weighted by Crippen LogP contribution is -2.48. The number of nitrogens with zero attached hydrogens (tertiary/aromatic N) is 1. The summed E-state index contributed by atoms with van der Waals surface area (Å²) in [6, 6.07) is 13.7. The second-order valence-electron chi connectivity index (χ2n) is 8.14. The number of aromatic nitrogens is 1. The summed E-state index contributed by atoms with van der Waals surface area (Å²) in [7, 11) is 3.19. The predicted molar refractivity (Wildman–Crippen MR) is 116 cm³/mol. The van der Waals surface area contributed by atoms with Gasteiger partial charge in [0.05, 0.1) is 41.6 Å². The van der Waals surface area contributed by atoms with Crippen LogP contribution in [0.25, 0.3) is 32.6 Å². The van der Waals surface area contributed by atoms with Crippen molar-refractivity contribution in [3.05, 3.63) is 48.0 Å². The maximum atomic E-state index is 11.0. The number of aliphatic hydroxyl groups excluding tert-OH is 2. The zero-order valence-electron chi connectivity index (χ0n) is 17.3. The van der Waals surface area contributed by atoms with Crippen molar-refractivity contribution in [2.45, 2.75) is 31.7 Å². The van der Waals surface area contributed by atoms with Gasteiger partial charge >= 0.3 is 0 Å². The number of pyridine rings is 1. The summed E-state index contributed by atoms with van der Waals surface area (Å²) in [5.74, 6) is 1.58. The number of fused-ring (bicyclic) bond motifs is 6. The van der Waals surface area contributed by atoms with Crippen LogP contribution in [-0.4, -0.2) is 41.1 Å². The van der Waals surface area contributed by atoms with E-state index in [4.69, 9.17) is 19.2 Å². The molecule has 0 amide bonds. The average Bonchev–Trinajstić information content (AvgIpc) is 2.74. The number of ether oxygens (including phenoxy) is 3. The largest absolute Gasteiger partial charge is 0.496 e. The van der Waals surface area contributed by atoms with Gasteiger partial charge in [0.25, 0.3) is 0 Å². The maximum absolute atomic E-state index is 11.0. The highest BCUT2D eigenvalue weighted by Crippen LogP contribution is 2.50. The van der Waals surface area contributed by atoms with Crippen LogP contribution < -0.4 is 14.2 Å². The van der Waals surface area contributed by atoms with Crippen LogP contribution in [0.2, 0.25) is 0 Å². The molecule has 6 heteroatoms. The molecule has 0 unspecified atom stereocenters. The Bertz CT molecular complexity index is 1310. The van der Waals surface area contributed by atoms with Crippen LogP contribution in [0.3, 0.4) is 0 Å². The molecular weight excluding hydrogens is 382 g/mol. The normalized spacial score (nSPS) is 20.2. The molecule has 30 heavy (non-hydrogen) atoms. The van der Waals surface area contributed by atoms with E-state index in [1.54, 1.807) is 34.1 Å². The third kappa shape index (κ3) is 2.47. The minimum atomic E-state index is -1.16. The van der Waals surface area contributed by atoms with Gasteiger partial charge in [0.15, 0.2) is 0 Å². The molecule has 2 N–H and O–H groups in total. The van der Waals surface area contributed by atoms with E-state index in [0.717, 1.165) is 21.7 Å². The van der Waals surface area contributed by atoms with E-state index >= 15 is 0 Å². The molecule has 1 aliphatic rings. The molecule has 4 aromatic rings. The van der Waals surface area contributed by atoms with E-state index in [2.05, 4.69) is 0 Å². The second-order valence-corrected chi connectivity index (χ2v) is 8.14. The molecule has 3 aromatic carbocycles. The Morgan fingerprint density at radius 2 is 1.77 bits per heavy atom. The van der Waals surface area contributed by atoms with E-state index in [-0.39, 0.29) is 0 Å². The van der Waals surface area contributed by atoms with Crippen LogP contribution in [0.4, 0.5) is 0 Å². The highest BCUT2D eigenvalue weighted by Gasteiger charge is 2.44. The summed E-state index contributed by atoms with van der Waals surface area (Å²) < 4.78 is 17.6. The molecule has 0 spiro atoms. The number of aliphatic hydroxyl groups is 2. The molecular formula is C24H23NO5. The van der Waals surface area contributed by atoms with Crippen LogP contribution >= 0.6 is 0 Å². The molecule has 0 radical (unpaired) electrons. The zero-order chi connectivity index (χ0) is 21.2. The standard InChI is InChI=1S/C24H23NO5/c1-24(2)23(27)21(26)18-16(30-24)11-15(28-3)19-20(18)25-14-10-9-12-7-5-6-8-13(12)17(14)22(19)29-4/h5-11,21,23,26-27H,1-4H3/t21-,23-/m1/s1. The van der Waals surface area contributed by atoms with Crippen molar-refractivity contribution in [3.8, 4) is 17.2 Å². The van der Waals surface area contributed by atoms with Crippen molar-refractivity contribution in [1.29, 1.82) is 0 Å². The Balaban J connectivity index is 1.99. The van der Waals surface area contributed by atoms with Crippen molar-refractivity contribution in [2.75, 3.05) is 14.2 Å². The first-order chi connectivity index (χ1) is 14.4. The van der Waals surface area contributed by atoms with Gasteiger partial charge < -0.3 is 24.4 Å². The fraction of sp³-hybridized carbons (Fsp3) is 0.292. The SMILES string of the molecule is COc1cc2c(c3nc4ccc5ccccc5c4c(OC)c13)[C@@H](O)[C@@H](O)C(C)(C)O2. The van der Waals surface area contributed by atoms with E-state index in [1.165, 1.54) is 0 Å². The van der Waals surface area contributed by atoms with E-state index < -0.39 is 17.8 Å². The number of hydrogen-bond donors (Lipinski definition) is 2. The molecule has 1 aromatic heterocycles. The quantitative estimate of drug-likeness (QED) is 0.386. The summed E-state index contributed by atoms with van der Waals surface area (Å²) in [5, 5.41) is 25.2. The summed E-state index contributed by atoms with van der Waals surface area (Å²) in [5.41, 5.74) is 0.694. The summed E-state index contributed by atoms with van der Waals surface area (Å²) >= 11 is 0. The Morgan fingerprint density at radius 1 is 1.00 bits per heavy atom. The van der Waals surface area contributed by atoms with Gasteiger partial charge in [-0.25, -0.2) is 4.98 Å². The van der Waals surface area contributed by atoms with E-state index in [0.29, 0.717) is 33.7 Å². The first-order valence-electron chi connectivity index (χ1n) is 9.82. The van der Waals surface area contributed by atoms with Gasteiger partial charge in [-0.2, -0.15) is 0 Å². The number of benzene rings is 3. The van der Waals surface area contributed by atoms with Crippen LogP contribution in [0.1, 0.15) is 25.5 Å². The van der Waals surface area contributed by atoms with Gasteiger partial charge in [-0.1, -0.05) is 30.3 Å². The first-order valence-corrected chi connectivity index (χ1v) is 9.82. The lowest BCUT2D eigenvalue weighted by molar-refractivity contribution is -0.111. The lowest BCUT2D eigenvalue weighted by Gasteiger charge is -2.40. The summed E-state index contributed by atoms with van der Waals surface area (Å²) in [6.45, 7) is 3.47. The topological polar surface area (TPSA) is 81.0 Å². The Labute approximate surface area is 173 Å². The molecule has 154 valence electrons. The van der Waals surface area contributed by atoms with Crippen LogP contribution in [0.5, 0.6) is 17.2 Å². The predicted octanol–water partition coefficient (Wildman–Crippen LogP) is 4.12. The molecule has 0 fully saturated rings. The van der Waals surface area contributed by atoms with Gasteiger partial charge in [0.2, 0.25) is 0 Å². The van der Waals surface area contributed by atoms with Crippen LogP contribution in [0, 0.1) is 0 Å². The van der Waals surface area contributed by atoms with Crippen LogP contribution in [0.15, 0.2) is 42.5 Å². The zero-order valence-corrected chi connectivity index (χ0v) is 17.3. The minimum absolute atomic E-state index is 0.436. The van der Waals surface area contributed by atoms with Crippen molar-refractivity contribution < 1.29 is 24.4 Å². The fourth-order valence-corrected chi connectivity index (χ4v) is 4.43. The summed E-state index contributed by atoms with van der Waals surface area (Å²) in [4.78, 5) is 4.88. The molecule has 1 aliphatic heterocycles. The lowest BCUT2D eigenvalue weighted by atomic mass is 9.86. The Morgan fingerprint density at radius 3 is 2.50 bits per heavy atom. The molecule has 2 atom stereocenters. The number of methoxy groups -OCH3 is 2. The fourth-order valence-electron chi connectivity index (χ4n) is 4.43. The van der Waals surface area contributed by atoms with Crippen LogP contribution in [-0.2, 0) is 0 Å². The Kier molecular flexibility index (Phi) is 4.07. The van der Waals surface area contributed by atoms with Gasteiger partial charge in [0, 0.05) is 6.07 Å². The molecule has 2 heterocycles. The van der Waals surface area contributed by atoms with E-state index in [1.807, 2.05) is 36.4 Å². The van der Waals surface area contributed by atoms with E-state index in [9.17, 15) is 10.2 Å². The monoisotopic (exact) mass is 405 g/mol. The third-order valence-corrected chi connectivity index (χ3v) is 5.96. The highest BCUT2D eigenvalue weighted by molar-refractivity contribution is 6.16. The summed E-state index contributed by atoms with van der Waals surface area (Å²) in [6.07, 6.45) is -2.27. The second kappa shape index (κ2) is 6.45. The van der Waals surface area contributed by atoms with Gasteiger partial charge in [-0.15, -0.1) is 0 Å². The van der Waals surface area contributed by atoms with Crippen molar-refractivity contribution in [2.24, 2.45) is 0 Å². The van der Waals surface area contributed by atoms with Crippen molar-refractivity contribution in [1.82, 2.24) is 4.98 Å². The number of rotatable bonds is 2. The number of hydrogen-bond acceptors (Lipinski definition) is 6.